The van der Waals surface area contributed by atoms with Crippen molar-refractivity contribution < 1.29 is 26.7 Å². The van der Waals surface area contributed by atoms with Crippen molar-refractivity contribution in [3.63, 3.8) is 0 Å². The van der Waals surface area contributed by atoms with Crippen LogP contribution in [-0.2, 0) is 10.9 Å². The highest BCUT2D eigenvalue weighted by molar-refractivity contribution is 6.43. The van der Waals surface area contributed by atoms with E-state index in [-0.39, 0.29) is 23.0 Å². The molecule has 0 fully saturated rings. The van der Waals surface area contributed by atoms with Gasteiger partial charge in [-0.2, -0.15) is 13.2 Å². The van der Waals surface area contributed by atoms with E-state index in [9.17, 15) is 22.0 Å². The zero-order valence-corrected chi connectivity index (χ0v) is 23.8. The van der Waals surface area contributed by atoms with Gasteiger partial charge in [-0.25, -0.2) is 18.8 Å². The molecule has 3 aromatic rings. The molecule has 0 saturated heterocycles. The first-order valence-electron chi connectivity index (χ1n) is 14.3. The fraction of sp³-hybridized carbons (Fsp3) is 0.229. The largest absolute Gasteiger partial charge is 0.498 e. The van der Waals surface area contributed by atoms with E-state index < -0.39 is 23.4 Å². The second-order valence-electron chi connectivity index (χ2n) is 10.9. The molecule has 1 atom stereocenters. The van der Waals surface area contributed by atoms with Gasteiger partial charge in [0.25, 0.3) is 0 Å². The van der Waals surface area contributed by atoms with E-state index in [2.05, 4.69) is 15.0 Å². The van der Waals surface area contributed by atoms with Crippen molar-refractivity contribution in [2.75, 3.05) is 6.61 Å². The Morgan fingerprint density at radius 1 is 0.909 bits per heavy atom. The molecule has 0 bridgehead atoms. The van der Waals surface area contributed by atoms with Gasteiger partial charge in [0.2, 0.25) is 0 Å². The quantitative estimate of drug-likeness (QED) is 0.269. The van der Waals surface area contributed by atoms with Gasteiger partial charge in [0.05, 0.1) is 35.2 Å². The normalized spacial score (nSPS) is 18.7. The third kappa shape index (κ3) is 6.18. The molecule has 0 N–H and O–H groups in total. The molecule has 0 aliphatic carbocycles. The Hall–Kier alpha value is -4.66. The maximum atomic E-state index is 14.4. The number of hydrogen-bond donors (Lipinski definition) is 0. The Kier molecular flexibility index (Phi) is 8.12. The molecule has 3 aromatic carbocycles. The zero-order chi connectivity index (χ0) is 30.8. The van der Waals surface area contributed by atoms with Gasteiger partial charge >= 0.3 is 6.18 Å². The molecular weight excluding hydrogens is 573 g/mol. The van der Waals surface area contributed by atoms with E-state index in [1.54, 1.807) is 48.7 Å². The summed E-state index contributed by atoms with van der Waals surface area (Å²) in [5.74, 6) is -1.37. The highest BCUT2D eigenvalue weighted by atomic mass is 19.4. The van der Waals surface area contributed by atoms with Crippen LogP contribution in [-0.4, -0.2) is 30.4 Å². The van der Waals surface area contributed by atoms with Crippen molar-refractivity contribution in [3.05, 3.63) is 124 Å². The van der Waals surface area contributed by atoms with Crippen LogP contribution >= 0.6 is 0 Å². The minimum absolute atomic E-state index is 0.0307. The summed E-state index contributed by atoms with van der Waals surface area (Å²) in [5, 5.41) is 0. The molecule has 0 radical (unpaired) electrons. The molecule has 0 saturated carbocycles. The fourth-order valence-electron chi connectivity index (χ4n) is 5.50. The second-order valence-corrected chi connectivity index (χ2v) is 10.9. The first kappa shape index (κ1) is 29.4. The van der Waals surface area contributed by atoms with Crippen LogP contribution in [0.3, 0.4) is 0 Å². The minimum atomic E-state index is -4.56. The van der Waals surface area contributed by atoms with Gasteiger partial charge in [0.1, 0.15) is 5.71 Å². The monoisotopic (exact) mass is 601 g/mol. The van der Waals surface area contributed by atoms with Gasteiger partial charge in [-0.1, -0.05) is 60.2 Å². The first-order chi connectivity index (χ1) is 21.2. The van der Waals surface area contributed by atoms with Crippen LogP contribution in [0.4, 0.5) is 22.0 Å². The minimum Gasteiger partial charge on any atom is -0.498 e. The van der Waals surface area contributed by atoms with Gasteiger partial charge < -0.3 is 4.74 Å². The predicted octanol–water partition coefficient (Wildman–Crippen LogP) is 9.14. The fourth-order valence-corrected chi connectivity index (χ4v) is 5.50. The second kappa shape index (κ2) is 12.1. The van der Waals surface area contributed by atoms with Crippen molar-refractivity contribution in [2.24, 2.45) is 15.0 Å². The maximum Gasteiger partial charge on any atom is 0.417 e. The van der Waals surface area contributed by atoms with Crippen molar-refractivity contribution in [1.29, 1.82) is 0 Å². The Bertz CT molecular complexity index is 1780. The standard InChI is InChI=1S/C35H28F5N3O/c1-21-15-16-44-25(19-28(21)26-14-13-23(17-29(26)35(38,39)40)22-7-3-2-4-8-22)18-24-9-5-12-31-32(20-41-24)43-34(42-31)27-10-6-11-30(36)33(27)37/h2-4,6-8,10-14,17,19-20,24H,5,9,15-16,18H2,1H3. The van der Waals surface area contributed by atoms with Gasteiger partial charge in [-0.15, -0.1) is 0 Å². The van der Waals surface area contributed by atoms with Crippen LogP contribution in [0.1, 0.15) is 49.3 Å². The summed E-state index contributed by atoms with van der Waals surface area (Å²) in [4.78, 5) is 13.5. The molecule has 4 nitrogen and oxygen atoms in total. The topological polar surface area (TPSA) is 46.3 Å². The number of rotatable bonds is 5. The summed E-state index contributed by atoms with van der Waals surface area (Å²) in [7, 11) is 0. The van der Waals surface area contributed by atoms with Crippen molar-refractivity contribution in [1.82, 2.24) is 0 Å². The molecule has 0 aromatic heterocycles. The summed E-state index contributed by atoms with van der Waals surface area (Å²) in [5.41, 5.74) is 2.87. The molecule has 0 amide bonds. The van der Waals surface area contributed by atoms with Gasteiger partial charge in [0, 0.05) is 19.1 Å². The zero-order valence-electron chi connectivity index (χ0n) is 23.8. The predicted molar refractivity (Wildman–Crippen MR) is 163 cm³/mol. The van der Waals surface area contributed by atoms with Crippen LogP contribution in [0.2, 0.25) is 0 Å². The number of hydrogen-bond acceptors (Lipinski definition) is 4. The lowest BCUT2D eigenvalue weighted by atomic mass is 9.91. The van der Waals surface area contributed by atoms with Crippen LogP contribution in [0.5, 0.6) is 0 Å². The lowest BCUT2D eigenvalue weighted by Crippen LogP contribution is -2.13. The number of ether oxygens (including phenoxy) is 1. The lowest BCUT2D eigenvalue weighted by molar-refractivity contribution is -0.137. The first-order valence-corrected chi connectivity index (χ1v) is 14.3. The molecule has 44 heavy (non-hydrogen) atoms. The van der Waals surface area contributed by atoms with Crippen LogP contribution in [0.15, 0.2) is 111 Å². The molecule has 3 aliphatic heterocycles. The summed E-state index contributed by atoms with van der Waals surface area (Å²) in [6.45, 7) is 2.18. The molecule has 6 rings (SSSR count). The maximum absolute atomic E-state index is 14.4. The molecular formula is C35H28F5N3O. The van der Waals surface area contributed by atoms with Crippen LogP contribution in [0.25, 0.3) is 16.7 Å². The van der Waals surface area contributed by atoms with E-state index in [0.717, 1.165) is 11.6 Å². The summed E-state index contributed by atoms with van der Waals surface area (Å²) in [6.07, 6.45) is 2.68. The number of halogens is 5. The van der Waals surface area contributed by atoms with E-state index in [1.807, 2.05) is 19.1 Å². The Labute approximate surface area is 251 Å². The highest BCUT2D eigenvalue weighted by Crippen LogP contribution is 2.40. The van der Waals surface area contributed by atoms with Gasteiger partial charge in [-0.05, 0) is 66.3 Å². The number of nitrogens with zero attached hydrogens (tertiary/aromatic N) is 3. The Morgan fingerprint density at radius 3 is 2.52 bits per heavy atom. The molecule has 224 valence electrons. The van der Waals surface area contributed by atoms with Crippen LogP contribution in [0, 0.1) is 11.6 Å². The molecule has 3 aliphatic rings. The number of benzene rings is 3. The van der Waals surface area contributed by atoms with Crippen molar-refractivity contribution in [2.45, 2.75) is 44.8 Å². The van der Waals surface area contributed by atoms with E-state index in [4.69, 9.17) is 4.74 Å². The highest BCUT2D eigenvalue weighted by Gasteiger charge is 2.35. The Balaban J connectivity index is 1.27. The molecule has 3 heterocycles. The molecule has 1 unspecified atom stereocenters. The summed E-state index contributed by atoms with van der Waals surface area (Å²) >= 11 is 0. The third-order valence-electron chi connectivity index (χ3n) is 7.84. The van der Waals surface area contributed by atoms with E-state index in [1.165, 1.54) is 18.2 Å². The average Bonchev–Trinajstić information content (AvgIpc) is 3.29. The number of alkyl halides is 3. The smallest absolute Gasteiger partial charge is 0.417 e. The number of allylic oxidation sites excluding steroid dienone is 4. The Morgan fingerprint density at radius 2 is 1.73 bits per heavy atom. The number of aliphatic imine (C=N–C) groups is 3. The summed E-state index contributed by atoms with van der Waals surface area (Å²) < 4.78 is 77.4. The SMILES string of the molecule is CC1=C(c2ccc(-c3ccccc3)cc2C(F)(F)F)C=C(CC2CCC=C3N=C(c4cccc(F)c4F)N=C3C=N2)OCC1. The molecule has 0 spiro atoms. The van der Waals surface area contributed by atoms with E-state index in [0.29, 0.717) is 66.2 Å². The van der Waals surface area contributed by atoms with E-state index >= 15 is 0 Å². The lowest BCUT2D eigenvalue weighted by Gasteiger charge is -2.18. The third-order valence-corrected chi connectivity index (χ3v) is 7.84. The average molecular weight is 602 g/mol. The van der Waals surface area contributed by atoms with Crippen molar-refractivity contribution >= 4 is 23.3 Å². The van der Waals surface area contributed by atoms with Gasteiger partial charge in [0.15, 0.2) is 17.5 Å². The van der Waals surface area contributed by atoms with Crippen molar-refractivity contribution in [3.8, 4) is 11.1 Å². The summed E-state index contributed by atoms with van der Waals surface area (Å²) in [6, 6.07) is 17.1. The molecule has 9 heteroatoms. The number of amidine groups is 1. The number of fused-ring (bicyclic) bond motifs is 1. The van der Waals surface area contributed by atoms with Crippen LogP contribution < -0.4 is 0 Å². The van der Waals surface area contributed by atoms with Gasteiger partial charge in [-0.3, -0.25) is 4.99 Å².